The van der Waals surface area contributed by atoms with Gasteiger partial charge in [-0.2, -0.15) is 0 Å². The van der Waals surface area contributed by atoms with Crippen LogP contribution in [0.25, 0.3) is 0 Å². The number of ether oxygens (including phenoxy) is 1. The van der Waals surface area contributed by atoms with Gasteiger partial charge in [-0.05, 0) is 12.5 Å². The van der Waals surface area contributed by atoms with Crippen LogP contribution in [0.15, 0.2) is 30.3 Å². The molecule has 0 unspecified atom stereocenters. The Kier molecular flexibility index (Phi) is 4.16. The monoisotopic (exact) mass is 263 g/mol. The zero-order valence-corrected chi connectivity index (χ0v) is 11.0. The number of esters is 1. The SMILES string of the molecule is COC(=O)[C@H]1CC(=O)N(O[C@@H](C)c2ccccc2)C1. The fourth-order valence-electron chi connectivity index (χ4n) is 2.08. The number of hydrogen-bond acceptors (Lipinski definition) is 4. The lowest BCUT2D eigenvalue weighted by Crippen LogP contribution is -2.28. The predicted octanol–water partition coefficient (Wildman–Crippen LogP) is 1.70. The maximum Gasteiger partial charge on any atom is 0.311 e. The van der Waals surface area contributed by atoms with Gasteiger partial charge < -0.3 is 4.74 Å². The Balaban J connectivity index is 1.97. The van der Waals surface area contributed by atoms with Gasteiger partial charge in [0.15, 0.2) is 0 Å². The minimum absolute atomic E-state index is 0.147. The van der Waals surface area contributed by atoms with Crippen LogP contribution in [0.4, 0.5) is 0 Å². The minimum Gasteiger partial charge on any atom is -0.469 e. The standard InChI is InChI=1S/C14H17NO4/c1-10(11-6-4-3-5-7-11)19-15-9-12(8-13(15)16)14(17)18-2/h3-7,10,12H,8-9H2,1-2H3/t10-,12-/m0/s1. The molecule has 0 spiro atoms. The first-order chi connectivity index (χ1) is 9.11. The number of amides is 1. The highest BCUT2D eigenvalue weighted by molar-refractivity contribution is 5.86. The van der Waals surface area contributed by atoms with Gasteiger partial charge in [0.05, 0.1) is 19.6 Å². The van der Waals surface area contributed by atoms with E-state index in [-0.39, 0.29) is 30.9 Å². The largest absolute Gasteiger partial charge is 0.469 e. The molecule has 5 heteroatoms. The van der Waals surface area contributed by atoms with Crippen molar-refractivity contribution >= 4 is 11.9 Å². The van der Waals surface area contributed by atoms with Crippen LogP contribution in [-0.4, -0.2) is 30.6 Å². The fraction of sp³-hybridized carbons (Fsp3) is 0.429. The Labute approximate surface area is 112 Å². The topological polar surface area (TPSA) is 55.8 Å². The molecule has 1 aromatic rings. The van der Waals surface area contributed by atoms with E-state index >= 15 is 0 Å². The number of benzene rings is 1. The van der Waals surface area contributed by atoms with Gasteiger partial charge in [0.25, 0.3) is 0 Å². The first-order valence-corrected chi connectivity index (χ1v) is 6.21. The molecule has 0 bridgehead atoms. The molecule has 0 radical (unpaired) electrons. The summed E-state index contributed by atoms with van der Waals surface area (Å²) in [6.45, 7) is 2.12. The molecule has 1 aliphatic heterocycles. The molecule has 1 amide bonds. The molecule has 0 N–H and O–H groups in total. The molecule has 5 nitrogen and oxygen atoms in total. The summed E-state index contributed by atoms with van der Waals surface area (Å²) in [5.74, 6) is -0.981. The van der Waals surface area contributed by atoms with Gasteiger partial charge >= 0.3 is 5.97 Å². The molecule has 0 saturated carbocycles. The van der Waals surface area contributed by atoms with Crippen molar-refractivity contribution in [1.82, 2.24) is 5.06 Å². The van der Waals surface area contributed by atoms with Gasteiger partial charge in [-0.3, -0.25) is 14.4 Å². The molecular formula is C14H17NO4. The van der Waals surface area contributed by atoms with Crippen molar-refractivity contribution in [3.05, 3.63) is 35.9 Å². The van der Waals surface area contributed by atoms with Gasteiger partial charge in [-0.1, -0.05) is 30.3 Å². The molecule has 0 aliphatic carbocycles. The summed E-state index contributed by atoms with van der Waals surface area (Å²) in [7, 11) is 1.32. The first-order valence-electron chi connectivity index (χ1n) is 6.21. The summed E-state index contributed by atoms with van der Waals surface area (Å²) in [4.78, 5) is 28.8. The normalized spacial score (nSPS) is 20.4. The Morgan fingerprint density at radius 2 is 2.05 bits per heavy atom. The van der Waals surface area contributed by atoms with Gasteiger partial charge in [0.1, 0.15) is 6.10 Å². The third kappa shape index (κ3) is 3.12. The number of carbonyl (C=O) groups excluding carboxylic acids is 2. The maximum atomic E-state index is 11.8. The highest BCUT2D eigenvalue weighted by atomic mass is 16.7. The minimum atomic E-state index is -0.430. The van der Waals surface area contributed by atoms with Crippen LogP contribution in [0.5, 0.6) is 0 Å². The molecule has 1 aliphatic rings. The number of rotatable bonds is 4. The predicted molar refractivity (Wildman–Crippen MR) is 67.8 cm³/mol. The molecule has 2 rings (SSSR count). The third-order valence-electron chi connectivity index (χ3n) is 3.17. The van der Waals surface area contributed by atoms with Gasteiger partial charge in [-0.15, -0.1) is 0 Å². The quantitative estimate of drug-likeness (QED) is 0.776. The van der Waals surface area contributed by atoms with Crippen LogP contribution in [0, 0.1) is 5.92 Å². The number of methoxy groups -OCH3 is 1. The van der Waals surface area contributed by atoms with Crippen molar-refractivity contribution in [3.8, 4) is 0 Å². The molecule has 1 heterocycles. The van der Waals surface area contributed by atoms with E-state index in [1.165, 1.54) is 12.2 Å². The van der Waals surface area contributed by atoms with Gasteiger partial charge in [0, 0.05) is 6.42 Å². The number of hydroxylamine groups is 2. The van der Waals surface area contributed by atoms with Gasteiger partial charge in [0.2, 0.25) is 5.91 Å². The second-order valence-corrected chi connectivity index (χ2v) is 4.54. The second kappa shape index (κ2) is 5.84. The van der Waals surface area contributed by atoms with E-state index in [4.69, 9.17) is 4.84 Å². The van der Waals surface area contributed by atoms with Crippen LogP contribution < -0.4 is 0 Å². The van der Waals surface area contributed by atoms with E-state index in [1.807, 2.05) is 37.3 Å². The third-order valence-corrected chi connectivity index (χ3v) is 3.17. The summed E-state index contributed by atoms with van der Waals surface area (Å²) in [5, 5.41) is 1.26. The van der Waals surface area contributed by atoms with E-state index in [9.17, 15) is 9.59 Å². The van der Waals surface area contributed by atoms with Crippen molar-refractivity contribution in [2.24, 2.45) is 5.92 Å². The van der Waals surface area contributed by atoms with Crippen molar-refractivity contribution in [2.45, 2.75) is 19.4 Å². The lowest BCUT2D eigenvalue weighted by atomic mass is 10.1. The summed E-state index contributed by atoms with van der Waals surface area (Å²) in [6.07, 6.45) is -0.0877. The molecule has 1 saturated heterocycles. The highest BCUT2D eigenvalue weighted by Crippen LogP contribution is 2.24. The van der Waals surface area contributed by atoms with E-state index in [0.29, 0.717) is 0 Å². The summed E-state index contributed by atoms with van der Waals surface area (Å²) >= 11 is 0. The lowest BCUT2D eigenvalue weighted by Gasteiger charge is -2.21. The zero-order valence-electron chi connectivity index (χ0n) is 11.0. The van der Waals surface area contributed by atoms with Crippen LogP contribution in [-0.2, 0) is 19.2 Å². The van der Waals surface area contributed by atoms with Crippen molar-refractivity contribution in [1.29, 1.82) is 0 Å². The number of carbonyl (C=O) groups is 2. The molecule has 2 atom stereocenters. The van der Waals surface area contributed by atoms with Crippen LogP contribution in [0.1, 0.15) is 25.0 Å². The summed E-state index contributed by atoms with van der Waals surface area (Å²) in [5.41, 5.74) is 0.983. The summed E-state index contributed by atoms with van der Waals surface area (Å²) < 4.78 is 4.65. The van der Waals surface area contributed by atoms with Gasteiger partial charge in [-0.25, -0.2) is 5.06 Å². The Hall–Kier alpha value is -1.88. The Morgan fingerprint density at radius 3 is 2.68 bits per heavy atom. The van der Waals surface area contributed by atoms with E-state index in [2.05, 4.69) is 4.74 Å². The smallest absolute Gasteiger partial charge is 0.311 e. The average molecular weight is 263 g/mol. The van der Waals surface area contributed by atoms with E-state index in [0.717, 1.165) is 5.56 Å². The molecule has 19 heavy (non-hydrogen) atoms. The Bertz CT molecular complexity index is 460. The van der Waals surface area contributed by atoms with Crippen molar-refractivity contribution < 1.29 is 19.2 Å². The molecule has 0 aromatic heterocycles. The van der Waals surface area contributed by atoms with Crippen molar-refractivity contribution in [3.63, 3.8) is 0 Å². The number of nitrogens with zero attached hydrogens (tertiary/aromatic N) is 1. The summed E-state index contributed by atoms with van der Waals surface area (Å²) in [6, 6.07) is 9.62. The lowest BCUT2D eigenvalue weighted by molar-refractivity contribution is -0.197. The molecule has 1 aromatic carbocycles. The van der Waals surface area contributed by atoms with Crippen LogP contribution in [0.3, 0.4) is 0 Å². The molecular weight excluding hydrogens is 246 g/mol. The number of hydrogen-bond donors (Lipinski definition) is 0. The van der Waals surface area contributed by atoms with Crippen LogP contribution in [0.2, 0.25) is 0 Å². The van der Waals surface area contributed by atoms with E-state index in [1.54, 1.807) is 0 Å². The van der Waals surface area contributed by atoms with Crippen molar-refractivity contribution in [2.75, 3.05) is 13.7 Å². The Morgan fingerprint density at radius 1 is 1.37 bits per heavy atom. The molecule has 1 fully saturated rings. The highest BCUT2D eigenvalue weighted by Gasteiger charge is 2.36. The zero-order chi connectivity index (χ0) is 13.8. The fourth-order valence-corrected chi connectivity index (χ4v) is 2.08. The van der Waals surface area contributed by atoms with Crippen LogP contribution >= 0.6 is 0 Å². The maximum absolute atomic E-state index is 11.8. The second-order valence-electron chi connectivity index (χ2n) is 4.54. The average Bonchev–Trinajstić information content (AvgIpc) is 2.80. The molecule has 102 valence electrons. The van der Waals surface area contributed by atoms with E-state index < -0.39 is 5.92 Å². The first kappa shape index (κ1) is 13.5.